The van der Waals surface area contributed by atoms with Crippen molar-refractivity contribution < 1.29 is 28.6 Å². The Balaban J connectivity index is 1.78. The lowest BCUT2D eigenvalue weighted by atomic mass is 9.95. The van der Waals surface area contributed by atoms with E-state index in [1.165, 1.54) is 11.9 Å². The molecule has 39 heavy (non-hydrogen) atoms. The van der Waals surface area contributed by atoms with Gasteiger partial charge >= 0.3 is 0 Å². The average molecular weight is 542 g/mol. The number of aliphatic hydroxyl groups excluding tert-OH is 1. The van der Waals surface area contributed by atoms with Crippen LogP contribution in [0.1, 0.15) is 67.6 Å². The predicted octanol–water partition coefficient (Wildman–Crippen LogP) is 3.68. The van der Waals surface area contributed by atoms with Crippen molar-refractivity contribution in [2.75, 3.05) is 20.1 Å². The maximum absolute atomic E-state index is 15.6. The molecule has 0 radical (unpaired) electrons. The molecule has 9 heteroatoms. The highest BCUT2D eigenvalue weighted by atomic mass is 19.1. The van der Waals surface area contributed by atoms with Gasteiger partial charge in [-0.05, 0) is 30.9 Å². The molecule has 0 saturated heterocycles. The van der Waals surface area contributed by atoms with Crippen LogP contribution in [0.2, 0.25) is 0 Å². The number of nitrogens with one attached hydrogen (secondary N) is 1. The molecule has 1 aliphatic heterocycles. The van der Waals surface area contributed by atoms with Crippen LogP contribution < -0.4 is 10.1 Å². The van der Waals surface area contributed by atoms with Crippen LogP contribution in [0.5, 0.6) is 5.75 Å². The van der Waals surface area contributed by atoms with Crippen LogP contribution >= 0.6 is 0 Å². The largest absolute Gasteiger partial charge is 0.488 e. The van der Waals surface area contributed by atoms with Gasteiger partial charge in [-0.2, -0.15) is 0 Å². The van der Waals surface area contributed by atoms with E-state index in [1.807, 2.05) is 4.90 Å². The maximum atomic E-state index is 15.6. The van der Waals surface area contributed by atoms with E-state index in [9.17, 15) is 19.5 Å². The van der Waals surface area contributed by atoms with Crippen molar-refractivity contribution in [1.29, 1.82) is 0 Å². The molecular weight excluding hydrogens is 501 g/mol. The quantitative estimate of drug-likeness (QED) is 0.376. The number of aldehydes is 1. The zero-order valence-electron chi connectivity index (χ0n) is 23.5. The molecule has 0 bridgehead atoms. The third-order valence-electron chi connectivity index (χ3n) is 6.59. The lowest BCUT2D eigenvalue weighted by Crippen LogP contribution is -2.46. The third kappa shape index (κ3) is 7.86. The first-order valence-corrected chi connectivity index (χ1v) is 13.3. The normalized spacial score (nSPS) is 14.8. The molecule has 0 spiro atoms. The Bertz CT molecular complexity index is 1180. The monoisotopic (exact) mass is 541 g/mol. The van der Waals surface area contributed by atoms with Gasteiger partial charge in [-0.25, -0.2) is 4.39 Å². The summed E-state index contributed by atoms with van der Waals surface area (Å²) in [5.74, 6) is -0.556. The fourth-order valence-corrected chi connectivity index (χ4v) is 5.03. The van der Waals surface area contributed by atoms with Gasteiger partial charge in [0.1, 0.15) is 30.5 Å². The van der Waals surface area contributed by atoms with Crippen molar-refractivity contribution in [3.63, 3.8) is 0 Å². The molecule has 1 heterocycles. The van der Waals surface area contributed by atoms with Gasteiger partial charge in [-0.3, -0.25) is 14.5 Å². The molecule has 0 fully saturated rings. The zero-order chi connectivity index (χ0) is 28.7. The van der Waals surface area contributed by atoms with Crippen LogP contribution in [0.4, 0.5) is 4.39 Å². The number of benzene rings is 2. The van der Waals surface area contributed by atoms with E-state index in [1.54, 1.807) is 43.3 Å². The summed E-state index contributed by atoms with van der Waals surface area (Å²) in [6.45, 7) is 9.64. The molecule has 2 aromatic rings. The maximum Gasteiger partial charge on any atom is 0.255 e. The average Bonchev–Trinajstić information content (AvgIpc) is 3.20. The summed E-state index contributed by atoms with van der Waals surface area (Å²) in [4.78, 5) is 40.0. The standard InChI is InChI=1S/C30H40FN3O5/c1-20(36)15-33(19-30(2,3)4)16-21-9-6-10-22(27(21)31)18-39-26-13-7-11-23-24(26)17-34(29(23)38)25(12-8-14-35)28(37)32-5/h6-7,9-11,13-14,20,25,36H,8,12,15-19H2,1-5H3,(H,32,37). The van der Waals surface area contributed by atoms with Gasteiger partial charge in [-0.1, -0.05) is 45.0 Å². The minimum Gasteiger partial charge on any atom is -0.488 e. The van der Waals surface area contributed by atoms with E-state index >= 15 is 4.39 Å². The van der Waals surface area contributed by atoms with Crippen molar-refractivity contribution in [2.24, 2.45) is 5.41 Å². The van der Waals surface area contributed by atoms with Gasteiger partial charge in [0.25, 0.3) is 5.91 Å². The van der Waals surface area contributed by atoms with Crippen LogP contribution in [-0.2, 0) is 29.3 Å². The second kappa shape index (κ2) is 13.2. The Kier molecular flexibility index (Phi) is 10.2. The zero-order valence-corrected chi connectivity index (χ0v) is 23.5. The van der Waals surface area contributed by atoms with Crippen LogP contribution in [-0.4, -0.2) is 65.3 Å². The topological polar surface area (TPSA) is 99.2 Å². The Morgan fingerprint density at radius 3 is 2.56 bits per heavy atom. The number of amides is 2. The molecule has 2 N–H and O–H groups in total. The van der Waals surface area contributed by atoms with Gasteiger partial charge in [-0.15, -0.1) is 0 Å². The first-order chi connectivity index (χ1) is 18.4. The summed E-state index contributed by atoms with van der Waals surface area (Å²) >= 11 is 0. The number of carbonyl (C=O) groups excluding carboxylic acids is 3. The number of aliphatic hydroxyl groups is 1. The summed E-state index contributed by atoms with van der Waals surface area (Å²) < 4.78 is 21.6. The highest BCUT2D eigenvalue weighted by Crippen LogP contribution is 2.33. The third-order valence-corrected chi connectivity index (χ3v) is 6.59. The van der Waals surface area contributed by atoms with Gasteiger partial charge in [0, 0.05) is 55.4 Å². The lowest BCUT2D eigenvalue weighted by molar-refractivity contribution is -0.125. The number of likely N-dealkylation sites (N-methyl/N-ethyl adjacent to an activating group) is 1. The van der Waals surface area contributed by atoms with Gasteiger partial charge in [0.15, 0.2) is 0 Å². The smallest absolute Gasteiger partial charge is 0.255 e. The lowest BCUT2D eigenvalue weighted by Gasteiger charge is -2.31. The Morgan fingerprint density at radius 2 is 1.92 bits per heavy atom. The number of hydrogen-bond donors (Lipinski definition) is 2. The van der Waals surface area contributed by atoms with E-state index in [0.29, 0.717) is 47.6 Å². The Hall–Kier alpha value is -3.30. The minimum atomic E-state index is -0.778. The predicted molar refractivity (Wildman–Crippen MR) is 147 cm³/mol. The van der Waals surface area contributed by atoms with Gasteiger partial charge in [0.2, 0.25) is 5.91 Å². The van der Waals surface area contributed by atoms with Crippen LogP contribution in [0.25, 0.3) is 0 Å². The number of nitrogens with zero attached hydrogens (tertiary/aromatic N) is 2. The first kappa shape index (κ1) is 30.2. The number of fused-ring (bicyclic) bond motifs is 1. The van der Waals surface area contributed by atoms with Gasteiger partial charge in [0.05, 0.1) is 12.6 Å². The molecule has 0 aliphatic carbocycles. The van der Waals surface area contributed by atoms with Crippen molar-refractivity contribution >= 4 is 18.1 Å². The Morgan fingerprint density at radius 1 is 1.23 bits per heavy atom. The van der Waals surface area contributed by atoms with E-state index in [0.717, 1.165) is 6.29 Å². The molecule has 2 atom stereocenters. The number of halogens is 1. The fourth-order valence-electron chi connectivity index (χ4n) is 5.03. The van der Waals surface area contributed by atoms with Crippen molar-refractivity contribution in [1.82, 2.24) is 15.1 Å². The summed E-state index contributed by atoms with van der Waals surface area (Å²) in [6, 6.07) is 9.53. The number of carbonyl (C=O) groups is 3. The van der Waals surface area contributed by atoms with E-state index in [4.69, 9.17) is 4.74 Å². The fraction of sp³-hybridized carbons (Fsp3) is 0.500. The number of rotatable bonds is 13. The Labute approximate surface area is 230 Å². The van der Waals surface area contributed by atoms with Crippen LogP contribution in [0, 0.1) is 11.2 Å². The first-order valence-electron chi connectivity index (χ1n) is 13.3. The summed E-state index contributed by atoms with van der Waals surface area (Å²) in [6.07, 6.45) is 0.568. The second-order valence-electron chi connectivity index (χ2n) is 11.3. The molecule has 0 aromatic heterocycles. The molecule has 8 nitrogen and oxygen atoms in total. The van der Waals surface area contributed by atoms with Crippen LogP contribution in [0.15, 0.2) is 36.4 Å². The molecular formula is C30H40FN3O5. The van der Waals surface area contributed by atoms with E-state index in [2.05, 4.69) is 26.1 Å². The summed E-state index contributed by atoms with van der Waals surface area (Å²) in [5.41, 5.74) is 1.94. The summed E-state index contributed by atoms with van der Waals surface area (Å²) in [5, 5.41) is 12.5. The van der Waals surface area contributed by atoms with E-state index in [-0.39, 0.29) is 49.0 Å². The molecule has 0 saturated carbocycles. The van der Waals surface area contributed by atoms with Gasteiger partial charge < -0.3 is 24.9 Å². The van der Waals surface area contributed by atoms with E-state index < -0.39 is 12.1 Å². The SMILES string of the molecule is CNC(=O)C(CCC=O)N1Cc2c(OCc3cccc(CN(CC(C)O)CC(C)(C)C)c3F)cccc2C1=O. The molecule has 2 aromatic carbocycles. The highest BCUT2D eigenvalue weighted by molar-refractivity contribution is 6.01. The number of ether oxygens (including phenoxy) is 1. The van der Waals surface area contributed by atoms with Crippen molar-refractivity contribution in [2.45, 2.75) is 72.4 Å². The second-order valence-corrected chi connectivity index (χ2v) is 11.3. The van der Waals surface area contributed by atoms with Crippen LogP contribution in [0.3, 0.4) is 0 Å². The number of hydrogen-bond acceptors (Lipinski definition) is 6. The van der Waals surface area contributed by atoms with Crippen molar-refractivity contribution in [3.05, 3.63) is 64.5 Å². The van der Waals surface area contributed by atoms with Crippen molar-refractivity contribution in [3.8, 4) is 5.75 Å². The molecule has 2 amide bonds. The minimum absolute atomic E-state index is 0.0187. The molecule has 3 rings (SSSR count). The summed E-state index contributed by atoms with van der Waals surface area (Å²) in [7, 11) is 1.49. The molecule has 212 valence electrons. The molecule has 2 unspecified atom stereocenters. The highest BCUT2D eigenvalue weighted by Gasteiger charge is 2.37. The molecule has 1 aliphatic rings.